The molecule has 2 amide bonds. The van der Waals surface area contributed by atoms with Crippen molar-refractivity contribution in [1.29, 1.82) is 0 Å². The quantitative estimate of drug-likeness (QED) is 0.891. The second kappa shape index (κ2) is 5.34. The molecule has 0 bridgehead atoms. The van der Waals surface area contributed by atoms with Gasteiger partial charge in [-0.25, -0.2) is 4.79 Å². The molecular weight excluding hydrogens is 240 g/mol. The number of amides is 2. The molecule has 1 aromatic carbocycles. The third kappa shape index (κ3) is 3.74. The smallest absolute Gasteiger partial charge is 0.315 e. The molecule has 19 heavy (non-hydrogen) atoms. The summed E-state index contributed by atoms with van der Waals surface area (Å²) >= 11 is 0. The van der Waals surface area contributed by atoms with Crippen LogP contribution in [0, 0.1) is 0 Å². The van der Waals surface area contributed by atoms with Gasteiger partial charge in [0.1, 0.15) is 5.58 Å². The molecule has 0 aliphatic heterocycles. The van der Waals surface area contributed by atoms with E-state index in [0.717, 1.165) is 23.0 Å². The predicted molar refractivity (Wildman–Crippen MR) is 76.2 cm³/mol. The van der Waals surface area contributed by atoms with E-state index in [1.54, 1.807) is 6.26 Å². The van der Waals surface area contributed by atoms with E-state index in [4.69, 9.17) is 4.42 Å². The average Bonchev–Trinajstić information content (AvgIpc) is 2.70. The van der Waals surface area contributed by atoms with E-state index in [2.05, 4.69) is 10.6 Å². The number of hydrogen-bond donors (Lipinski definition) is 2. The van der Waals surface area contributed by atoms with Gasteiger partial charge < -0.3 is 15.1 Å². The molecule has 2 aromatic rings. The summed E-state index contributed by atoms with van der Waals surface area (Å²) in [6, 6.07) is 7.77. The van der Waals surface area contributed by atoms with E-state index in [-0.39, 0.29) is 11.6 Å². The summed E-state index contributed by atoms with van der Waals surface area (Å²) in [6.07, 6.45) is 2.52. The number of nitrogens with one attached hydrogen (secondary N) is 2. The van der Waals surface area contributed by atoms with Crippen LogP contribution < -0.4 is 10.6 Å². The highest BCUT2D eigenvalue weighted by Gasteiger charge is 2.13. The van der Waals surface area contributed by atoms with E-state index in [0.29, 0.717) is 6.54 Å². The first-order valence-corrected chi connectivity index (χ1v) is 6.47. The second-order valence-electron chi connectivity index (χ2n) is 5.64. The molecule has 4 nitrogen and oxygen atoms in total. The molecule has 0 aliphatic rings. The molecule has 0 spiro atoms. The van der Waals surface area contributed by atoms with Crippen LogP contribution in [0.2, 0.25) is 0 Å². The molecular formula is C15H20N2O2. The molecule has 0 saturated heterocycles. The Hall–Kier alpha value is -1.97. The first kappa shape index (κ1) is 13.5. The summed E-state index contributed by atoms with van der Waals surface area (Å²) < 4.78 is 5.46. The van der Waals surface area contributed by atoms with Crippen molar-refractivity contribution in [2.75, 3.05) is 6.54 Å². The lowest BCUT2D eigenvalue weighted by molar-refractivity contribution is 0.232. The molecule has 1 aromatic heterocycles. The van der Waals surface area contributed by atoms with Gasteiger partial charge in [0.05, 0.1) is 6.26 Å². The van der Waals surface area contributed by atoms with Gasteiger partial charge in [-0.2, -0.15) is 0 Å². The number of benzene rings is 1. The van der Waals surface area contributed by atoms with E-state index in [9.17, 15) is 4.79 Å². The van der Waals surface area contributed by atoms with E-state index >= 15 is 0 Å². The first-order chi connectivity index (χ1) is 8.96. The fourth-order valence-corrected chi connectivity index (χ4v) is 1.92. The Bertz CT molecular complexity index is 567. The van der Waals surface area contributed by atoms with Gasteiger partial charge >= 0.3 is 6.03 Å². The SMILES string of the molecule is CC(C)(C)NC(=O)NCCc1coc2ccccc12. The molecule has 0 saturated carbocycles. The topological polar surface area (TPSA) is 54.3 Å². The lowest BCUT2D eigenvalue weighted by Crippen LogP contribution is -2.46. The van der Waals surface area contributed by atoms with Gasteiger partial charge in [-0.05, 0) is 38.8 Å². The fourth-order valence-electron chi connectivity index (χ4n) is 1.92. The summed E-state index contributed by atoms with van der Waals surface area (Å²) in [5, 5.41) is 6.82. The molecule has 4 heteroatoms. The van der Waals surface area contributed by atoms with Gasteiger partial charge in [0, 0.05) is 17.5 Å². The Labute approximate surface area is 113 Å². The van der Waals surface area contributed by atoms with Crippen molar-refractivity contribution in [2.45, 2.75) is 32.7 Å². The summed E-state index contributed by atoms with van der Waals surface area (Å²) in [5.74, 6) is 0. The Morgan fingerprint density at radius 2 is 2.00 bits per heavy atom. The van der Waals surface area contributed by atoms with Crippen molar-refractivity contribution < 1.29 is 9.21 Å². The Balaban J connectivity index is 1.88. The number of furan rings is 1. The third-order valence-electron chi connectivity index (χ3n) is 2.73. The number of carbonyl (C=O) groups excluding carboxylic acids is 1. The number of hydrogen-bond acceptors (Lipinski definition) is 2. The highest BCUT2D eigenvalue weighted by molar-refractivity contribution is 5.81. The molecule has 0 unspecified atom stereocenters. The molecule has 2 rings (SSSR count). The Morgan fingerprint density at radius 3 is 2.74 bits per heavy atom. The van der Waals surface area contributed by atoms with Gasteiger partial charge in [-0.1, -0.05) is 18.2 Å². The van der Waals surface area contributed by atoms with Gasteiger partial charge in [-0.3, -0.25) is 0 Å². The second-order valence-corrected chi connectivity index (χ2v) is 5.64. The van der Waals surface area contributed by atoms with Crippen LogP contribution in [0.4, 0.5) is 4.79 Å². The monoisotopic (exact) mass is 260 g/mol. The molecule has 2 N–H and O–H groups in total. The predicted octanol–water partition coefficient (Wildman–Crippen LogP) is 3.07. The molecule has 0 radical (unpaired) electrons. The van der Waals surface area contributed by atoms with Gasteiger partial charge in [-0.15, -0.1) is 0 Å². The van der Waals surface area contributed by atoms with Crippen LogP contribution in [0.25, 0.3) is 11.0 Å². The maximum Gasteiger partial charge on any atom is 0.315 e. The number of fused-ring (bicyclic) bond motifs is 1. The summed E-state index contributed by atoms with van der Waals surface area (Å²) in [6.45, 7) is 6.45. The summed E-state index contributed by atoms with van der Waals surface area (Å²) in [5.41, 5.74) is 1.79. The highest BCUT2D eigenvalue weighted by Crippen LogP contribution is 2.20. The van der Waals surface area contributed by atoms with Crippen LogP contribution in [-0.2, 0) is 6.42 Å². The van der Waals surface area contributed by atoms with Gasteiger partial charge in [0.2, 0.25) is 0 Å². The number of carbonyl (C=O) groups is 1. The van der Waals surface area contributed by atoms with Crippen LogP contribution >= 0.6 is 0 Å². The van der Waals surface area contributed by atoms with Crippen molar-refractivity contribution in [1.82, 2.24) is 10.6 Å². The first-order valence-electron chi connectivity index (χ1n) is 6.47. The van der Waals surface area contributed by atoms with Crippen molar-refractivity contribution in [2.24, 2.45) is 0 Å². The molecule has 0 atom stereocenters. The van der Waals surface area contributed by atoms with Gasteiger partial charge in [0.25, 0.3) is 0 Å². The van der Waals surface area contributed by atoms with Crippen LogP contribution in [0.1, 0.15) is 26.3 Å². The maximum absolute atomic E-state index is 11.6. The van der Waals surface area contributed by atoms with Gasteiger partial charge in [0.15, 0.2) is 0 Å². The van der Waals surface area contributed by atoms with Crippen molar-refractivity contribution in [3.63, 3.8) is 0 Å². The summed E-state index contributed by atoms with van der Waals surface area (Å²) in [7, 11) is 0. The lowest BCUT2D eigenvalue weighted by atomic mass is 10.1. The lowest BCUT2D eigenvalue weighted by Gasteiger charge is -2.20. The minimum absolute atomic E-state index is 0.139. The summed E-state index contributed by atoms with van der Waals surface area (Å²) in [4.78, 5) is 11.6. The third-order valence-corrected chi connectivity index (χ3v) is 2.73. The zero-order chi connectivity index (χ0) is 13.9. The Kier molecular flexibility index (Phi) is 3.79. The molecule has 102 valence electrons. The molecule has 1 heterocycles. The fraction of sp³-hybridized carbons (Fsp3) is 0.400. The Morgan fingerprint density at radius 1 is 1.26 bits per heavy atom. The maximum atomic E-state index is 11.6. The van der Waals surface area contributed by atoms with Crippen molar-refractivity contribution in [3.05, 3.63) is 36.1 Å². The zero-order valence-corrected chi connectivity index (χ0v) is 11.6. The van der Waals surface area contributed by atoms with Crippen LogP contribution in [-0.4, -0.2) is 18.1 Å². The van der Waals surface area contributed by atoms with E-state index in [1.165, 1.54) is 0 Å². The minimum Gasteiger partial charge on any atom is -0.464 e. The minimum atomic E-state index is -0.216. The zero-order valence-electron chi connectivity index (χ0n) is 11.6. The molecule has 0 aliphatic carbocycles. The van der Waals surface area contributed by atoms with E-state index < -0.39 is 0 Å². The number of para-hydroxylation sites is 1. The van der Waals surface area contributed by atoms with E-state index in [1.807, 2.05) is 45.0 Å². The average molecular weight is 260 g/mol. The standard InChI is InChI=1S/C15H20N2O2/c1-15(2,3)17-14(18)16-9-8-11-10-19-13-7-5-4-6-12(11)13/h4-7,10H,8-9H2,1-3H3,(H2,16,17,18). The van der Waals surface area contributed by atoms with Crippen molar-refractivity contribution >= 4 is 17.0 Å². The van der Waals surface area contributed by atoms with Crippen LogP contribution in [0.3, 0.4) is 0 Å². The molecule has 0 fully saturated rings. The van der Waals surface area contributed by atoms with Crippen LogP contribution in [0.5, 0.6) is 0 Å². The van der Waals surface area contributed by atoms with Crippen molar-refractivity contribution in [3.8, 4) is 0 Å². The highest BCUT2D eigenvalue weighted by atomic mass is 16.3. The van der Waals surface area contributed by atoms with Crippen LogP contribution in [0.15, 0.2) is 34.9 Å². The normalized spacial score (nSPS) is 11.5. The number of rotatable bonds is 3. The number of urea groups is 1. The largest absolute Gasteiger partial charge is 0.464 e.